The SMILES string of the molecule is CN=C(NCC(=O)NC1CCCCC1)N1CC(C)OC(c2ccc(F)cc2)C1.I. The van der Waals surface area contributed by atoms with E-state index in [1.807, 2.05) is 6.92 Å². The van der Waals surface area contributed by atoms with Gasteiger partial charge in [0.05, 0.1) is 19.2 Å². The molecule has 1 aliphatic carbocycles. The van der Waals surface area contributed by atoms with Crippen LogP contribution >= 0.6 is 24.0 Å². The van der Waals surface area contributed by atoms with Crippen LogP contribution in [0.25, 0.3) is 0 Å². The van der Waals surface area contributed by atoms with Gasteiger partial charge in [0, 0.05) is 19.6 Å². The lowest BCUT2D eigenvalue weighted by molar-refractivity contribution is -0.120. The van der Waals surface area contributed by atoms with E-state index in [1.165, 1.54) is 31.4 Å². The zero-order chi connectivity index (χ0) is 19.9. The minimum Gasteiger partial charge on any atom is -0.367 e. The molecular weight excluding hydrogens is 486 g/mol. The highest BCUT2D eigenvalue weighted by Gasteiger charge is 2.28. The van der Waals surface area contributed by atoms with E-state index in [0.29, 0.717) is 25.1 Å². The van der Waals surface area contributed by atoms with Gasteiger partial charge < -0.3 is 20.3 Å². The maximum absolute atomic E-state index is 13.2. The minimum atomic E-state index is -0.258. The molecule has 1 amide bonds. The number of amides is 1. The molecule has 2 fully saturated rings. The topological polar surface area (TPSA) is 66.0 Å². The average Bonchev–Trinajstić information content (AvgIpc) is 2.69. The van der Waals surface area contributed by atoms with Gasteiger partial charge in [0.1, 0.15) is 11.9 Å². The molecule has 1 aromatic rings. The number of carbonyl (C=O) groups excluding carboxylic acids is 1. The lowest BCUT2D eigenvalue weighted by Crippen LogP contribution is -2.52. The first kappa shape index (κ1) is 23.9. The van der Waals surface area contributed by atoms with E-state index in [0.717, 1.165) is 18.4 Å². The van der Waals surface area contributed by atoms with Gasteiger partial charge in [-0.05, 0) is 37.5 Å². The summed E-state index contributed by atoms with van der Waals surface area (Å²) < 4.78 is 19.3. The van der Waals surface area contributed by atoms with Gasteiger partial charge in [-0.15, -0.1) is 24.0 Å². The Morgan fingerprint density at radius 1 is 1.21 bits per heavy atom. The zero-order valence-electron chi connectivity index (χ0n) is 17.2. The Morgan fingerprint density at radius 2 is 1.90 bits per heavy atom. The lowest BCUT2D eigenvalue weighted by Gasteiger charge is -2.38. The Balaban J connectivity index is 0.00000300. The van der Waals surface area contributed by atoms with Crippen LogP contribution in [0.5, 0.6) is 0 Å². The largest absolute Gasteiger partial charge is 0.367 e. The number of morpholine rings is 1. The van der Waals surface area contributed by atoms with Crippen molar-refractivity contribution in [2.45, 2.75) is 57.3 Å². The van der Waals surface area contributed by atoms with Crippen LogP contribution in [0, 0.1) is 5.82 Å². The number of carbonyl (C=O) groups is 1. The molecule has 1 saturated heterocycles. The number of nitrogens with zero attached hydrogens (tertiary/aromatic N) is 2. The van der Waals surface area contributed by atoms with Gasteiger partial charge in [0.15, 0.2) is 5.96 Å². The van der Waals surface area contributed by atoms with Gasteiger partial charge in [-0.1, -0.05) is 31.4 Å². The molecule has 2 unspecified atom stereocenters. The van der Waals surface area contributed by atoms with E-state index in [1.54, 1.807) is 19.2 Å². The van der Waals surface area contributed by atoms with Crippen molar-refractivity contribution in [2.75, 3.05) is 26.7 Å². The van der Waals surface area contributed by atoms with E-state index in [-0.39, 0.29) is 54.5 Å². The number of halogens is 2. The second-order valence-electron chi connectivity index (χ2n) is 7.70. The van der Waals surface area contributed by atoms with E-state index in [2.05, 4.69) is 20.5 Å². The summed E-state index contributed by atoms with van der Waals surface area (Å²) in [6.07, 6.45) is 5.62. The quantitative estimate of drug-likeness (QED) is 0.365. The molecule has 162 valence electrons. The Hall–Kier alpha value is -1.42. The molecule has 2 atom stereocenters. The third-order valence-corrected chi connectivity index (χ3v) is 5.39. The van der Waals surface area contributed by atoms with E-state index in [9.17, 15) is 9.18 Å². The summed E-state index contributed by atoms with van der Waals surface area (Å²) in [5.74, 6) is 0.427. The number of hydrogen-bond acceptors (Lipinski definition) is 3. The van der Waals surface area contributed by atoms with Crippen LogP contribution in [-0.4, -0.2) is 55.6 Å². The third kappa shape index (κ3) is 7.09. The third-order valence-electron chi connectivity index (χ3n) is 5.39. The zero-order valence-corrected chi connectivity index (χ0v) is 19.5. The molecular formula is C21H32FIN4O2. The fourth-order valence-electron chi connectivity index (χ4n) is 4.00. The Labute approximate surface area is 189 Å². The highest BCUT2D eigenvalue weighted by atomic mass is 127. The summed E-state index contributed by atoms with van der Waals surface area (Å²) in [5.41, 5.74) is 0.934. The molecule has 1 heterocycles. The first-order chi connectivity index (χ1) is 13.5. The number of rotatable bonds is 4. The molecule has 1 aromatic carbocycles. The number of aliphatic imine (C=N–C) groups is 1. The first-order valence-corrected chi connectivity index (χ1v) is 10.2. The predicted octanol–water partition coefficient (Wildman–Crippen LogP) is 3.23. The highest BCUT2D eigenvalue weighted by molar-refractivity contribution is 14.0. The highest BCUT2D eigenvalue weighted by Crippen LogP contribution is 2.25. The van der Waals surface area contributed by atoms with Crippen molar-refractivity contribution in [3.63, 3.8) is 0 Å². The lowest BCUT2D eigenvalue weighted by atomic mass is 9.95. The molecule has 2 aliphatic rings. The van der Waals surface area contributed by atoms with E-state index in [4.69, 9.17) is 4.74 Å². The molecule has 2 N–H and O–H groups in total. The van der Waals surface area contributed by atoms with Crippen LogP contribution < -0.4 is 10.6 Å². The van der Waals surface area contributed by atoms with Crippen LogP contribution in [0.4, 0.5) is 4.39 Å². The van der Waals surface area contributed by atoms with E-state index >= 15 is 0 Å². The van der Waals surface area contributed by atoms with Crippen molar-refractivity contribution in [3.8, 4) is 0 Å². The number of guanidine groups is 1. The summed E-state index contributed by atoms with van der Waals surface area (Å²) in [4.78, 5) is 18.7. The van der Waals surface area contributed by atoms with E-state index < -0.39 is 0 Å². The average molecular weight is 518 g/mol. The Bertz CT molecular complexity index is 680. The van der Waals surface area contributed by atoms with Crippen molar-refractivity contribution < 1.29 is 13.9 Å². The number of ether oxygens (including phenoxy) is 1. The van der Waals surface area contributed by atoms with Gasteiger partial charge in [-0.2, -0.15) is 0 Å². The van der Waals surface area contributed by atoms with Crippen LogP contribution in [0.2, 0.25) is 0 Å². The fraction of sp³-hybridized carbons (Fsp3) is 0.619. The normalized spacial score (nSPS) is 23.3. The standard InChI is InChI=1S/C21H31FN4O2.HI/c1-15-13-26(14-19(28-15)16-8-10-17(22)11-9-16)21(23-2)24-12-20(27)25-18-6-4-3-5-7-18;/h8-11,15,18-19H,3-7,12-14H2,1-2H3,(H,23,24)(H,25,27);1H. The molecule has 6 nitrogen and oxygen atoms in total. The van der Waals surface area contributed by atoms with Crippen molar-refractivity contribution in [2.24, 2.45) is 4.99 Å². The van der Waals surface area contributed by atoms with Crippen molar-refractivity contribution in [1.29, 1.82) is 0 Å². The molecule has 1 aliphatic heterocycles. The number of hydrogen-bond donors (Lipinski definition) is 2. The summed E-state index contributed by atoms with van der Waals surface area (Å²) in [7, 11) is 1.72. The van der Waals surface area contributed by atoms with Crippen LogP contribution in [0.1, 0.15) is 50.7 Å². The number of nitrogens with one attached hydrogen (secondary N) is 2. The first-order valence-electron chi connectivity index (χ1n) is 10.2. The second kappa shape index (κ2) is 11.7. The summed E-state index contributed by atoms with van der Waals surface area (Å²) in [5, 5.41) is 6.29. The molecule has 0 radical (unpaired) electrons. The maximum Gasteiger partial charge on any atom is 0.239 e. The summed E-state index contributed by atoms with van der Waals surface area (Å²) in [6.45, 7) is 3.49. The molecule has 0 bridgehead atoms. The van der Waals surface area contributed by atoms with Gasteiger partial charge in [0.25, 0.3) is 0 Å². The van der Waals surface area contributed by atoms with Crippen LogP contribution in [0.15, 0.2) is 29.3 Å². The van der Waals surface area contributed by atoms with Gasteiger partial charge in [0.2, 0.25) is 5.91 Å². The Morgan fingerprint density at radius 3 is 2.55 bits per heavy atom. The van der Waals surface area contributed by atoms with Crippen molar-refractivity contribution in [3.05, 3.63) is 35.6 Å². The molecule has 0 spiro atoms. The van der Waals surface area contributed by atoms with Gasteiger partial charge >= 0.3 is 0 Å². The molecule has 3 rings (SSSR count). The number of benzene rings is 1. The van der Waals surface area contributed by atoms with Crippen molar-refractivity contribution >= 4 is 35.8 Å². The molecule has 29 heavy (non-hydrogen) atoms. The van der Waals surface area contributed by atoms with Gasteiger partial charge in [-0.25, -0.2) is 4.39 Å². The Kier molecular flexibility index (Phi) is 9.61. The molecule has 1 saturated carbocycles. The van der Waals surface area contributed by atoms with Gasteiger partial charge in [-0.3, -0.25) is 9.79 Å². The van der Waals surface area contributed by atoms with Crippen LogP contribution in [-0.2, 0) is 9.53 Å². The molecule has 0 aromatic heterocycles. The smallest absolute Gasteiger partial charge is 0.239 e. The van der Waals surface area contributed by atoms with Crippen molar-refractivity contribution in [1.82, 2.24) is 15.5 Å². The van der Waals surface area contributed by atoms with Crippen LogP contribution in [0.3, 0.4) is 0 Å². The maximum atomic E-state index is 13.2. The minimum absolute atomic E-state index is 0. The summed E-state index contributed by atoms with van der Waals surface area (Å²) in [6, 6.07) is 6.71. The fourth-order valence-corrected chi connectivity index (χ4v) is 4.00. The molecule has 8 heteroatoms. The predicted molar refractivity (Wildman–Crippen MR) is 123 cm³/mol. The second-order valence-corrected chi connectivity index (χ2v) is 7.70. The summed E-state index contributed by atoms with van der Waals surface area (Å²) >= 11 is 0. The monoisotopic (exact) mass is 518 g/mol.